The van der Waals surface area contributed by atoms with Gasteiger partial charge in [-0.05, 0) is 26.3 Å². The van der Waals surface area contributed by atoms with Crippen molar-refractivity contribution in [3.63, 3.8) is 0 Å². The van der Waals surface area contributed by atoms with Gasteiger partial charge in [-0.25, -0.2) is 4.79 Å². The van der Waals surface area contributed by atoms with Crippen LogP contribution in [0.3, 0.4) is 0 Å². The van der Waals surface area contributed by atoms with Crippen molar-refractivity contribution in [1.29, 1.82) is 0 Å². The number of amides is 2. The molecular weight excluding hydrogens is 313 g/mol. The lowest BCUT2D eigenvalue weighted by Crippen LogP contribution is -2.40. The van der Waals surface area contributed by atoms with E-state index in [1.165, 1.54) is 7.11 Å². The summed E-state index contributed by atoms with van der Waals surface area (Å²) in [6.07, 6.45) is -7.73. The Morgan fingerprint density at radius 1 is 1.39 bits per heavy atom. The van der Waals surface area contributed by atoms with E-state index in [-0.39, 0.29) is 6.54 Å². The van der Waals surface area contributed by atoms with Crippen LogP contribution in [0.1, 0.15) is 30.5 Å². The van der Waals surface area contributed by atoms with Crippen LogP contribution in [0.5, 0.6) is 5.75 Å². The predicted octanol–water partition coefficient (Wildman–Crippen LogP) is 2.68. The first-order valence-corrected chi connectivity index (χ1v) is 7.08. The van der Waals surface area contributed by atoms with Crippen molar-refractivity contribution >= 4 is 6.03 Å². The van der Waals surface area contributed by atoms with Gasteiger partial charge in [0, 0.05) is 12.1 Å². The zero-order valence-electron chi connectivity index (χ0n) is 13.2. The number of aliphatic hydroxyl groups excluding tert-OH is 1. The van der Waals surface area contributed by atoms with E-state index in [4.69, 9.17) is 9.84 Å². The molecule has 5 nitrogen and oxygen atoms in total. The third-order valence-electron chi connectivity index (χ3n) is 3.28. The lowest BCUT2D eigenvalue weighted by Gasteiger charge is -2.19. The molecule has 0 radical (unpaired) electrons. The number of benzene rings is 1. The van der Waals surface area contributed by atoms with Gasteiger partial charge in [0.1, 0.15) is 5.75 Å². The summed E-state index contributed by atoms with van der Waals surface area (Å²) in [7, 11) is 1.51. The Morgan fingerprint density at radius 3 is 2.61 bits per heavy atom. The fourth-order valence-corrected chi connectivity index (χ4v) is 2.00. The number of ether oxygens (including phenoxy) is 1. The molecular formula is C15H21F3N2O3. The van der Waals surface area contributed by atoms with Gasteiger partial charge in [-0.3, -0.25) is 0 Å². The Labute approximate surface area is 132 Å². The average molecular weight is 334 g/mol. The molecule has 0 aliphatic carbocycles. The third-order valence-corrected chi connectivity index (χ3v) is 3.28. The molecule has 0 aliphatic heterocycles. The van der Waals surface area contributed by atoms with E-state index in [1.54, 1.807) is 13.0 Å². The van der Waals surface area contributed by atoms with Crippen molar-refractivity contribution < 1.29 is 27.8 Å². The summed E-state index contributed by atoms with van der Waals surface area (Å²) in [6.45, 7) is 3.35. The molecule has 0 saturated carbocycles. The Balaban J connectivity index is 2.53. The maximum absolute atomic E-state index is 12.1. The Morgan fingerprint density at radius 2 is 2.04 bits per heavy atom. The Kier molecular flexibility index (Phi) is 6.68. The van der Waals surface area contributed by atoms with E-state index in [1.807, 2.05) is 19.1 Å². The normalized spacial score (nSPS) is 14.0. The first-order valence-electron chi connectivity index (χ1n) is 7.08. The van der Waals surface area contributed by atoms with Crippen LogP contribution in [-0.2, 0) is 0 Å². The van der Waals surface area contributed by atoms with Crippen molar-refractivity contribution in [3.05, 3.63) is 29.3 Å². The van der Waals surface area contributed by atoms with Gasteiger partial charge < -0.3 is 20.5 Å². The number of nitrogens with one attached hydrogen (secondary N) is 2. The Bertz CT molecular complexity index is 535. The summed E-state index contributed by atoms with van der Waals surface area (Å²) in [5.41, 5.74) is 1.75. The van der Waals surface area contributed by atoms with E-state index < -0.39 is 30.8 Å². The minimum atomic E-state index is -4.68. The molecule has 2 atom stereocenters. The van der Waals surface area contributed by atoms with Gasteiger partial charge in [0.25, 0.3) is 0 Å². The number of urea groups is 1. The van der Waals surface area contributed by atoms with E-state index >= 15 is 0 Å². The Hall–Kier alpha value is -1.96. The third kappa shape index (κ3) is 5.97. The number of aryl methyl sites for hydroxylation is 1. The molecule has 0 bridgehead atoms. The monoisotopic (exact) mass is 334 g/mol. The number of rotatable bonds is 6. The lowest BCUT2D eigenvalue weighted by atomic mass is 10.0. The highest BCUT2D eigenvalue weighted by Crippen LogP contribution is 2.26. The summed E-state index contributed by atoms with van der Waals surface area (Å²) >= 11 is 0. The summed E-state index contributed by atoms with van der Waals surface area (Å²) in [6, 6.07) is 4.50. The van der Waals surface area contributed by atoms with Gasteiger partial charge in [-0.2, -0.15) is 13.2 Å². The second-order valence-corrected chi connectivity index (χ2v) is 5.21. The van der Waals surface area contributed by atoms with Crippen LogP contribution in [0.2, 0.25) is 0 Å². The zero-order chi connectivity index (χ0) is 17.6. The first-order chi connectivity index (χ1) is 10.6. The minimum Gasteiger partial charge on any atom is -0.496 e. The van der Waals surface area contributed by atoms with Crippen molar-refractivity contribution in [3.8, 4) is 5.75 Å². The quantitative estimate of drug-likeness (QED) is 0.749. The number of hydrogen-bond donors (Lipinski definition) is 3. The van der Waals surface area contributed by atoms with Gasteiger partial charge in [0.05, 0.1) is 13.2 Å². The number of methoxy groups -OCH3 is 1. The fourth-order valence-electron chi connectivity index (χ4n) is 2.00. The zero-order valence-corrected chi connectivity index (χ0v) is 13.2. The summed E-state index contributed by atoms with van der Waals surface area (Å²) in [5, 5.41) is 13.7. The maximum Gasteiger partial charge on any atom is 0.414 e. The number of hydrogen-bond acceptors (Lipinski definition) is 3. The molecule has 23 heavy (non-hydrogen) atoms. The summed E-state index contributed by atoms with van der Waals surface area (Å²) in [4.78, 5) is 11.7. The number of halogens is 3. The second-order valence-electron chi connectivity index (χ2n) is 5.21. The maximum atomic E-state index is 12.1. The highest BCUT2D eigenvalue weighted by Gasteiger charge is 2.37. The van der Waals surface area contributed by atoms with Crippen molar-refractivity contribution in [2.45, 2.75) is 38.6 Å². The van der Waals surface area contributed by atoms with Crippen molar-refractivity contribution in [1.82, 2.24) is 10.6 Å². The van der Waals surface area contributed by atoms with Crippen LogP contribution in [-0.4, -0.2) is 37.1 Å². The standard InChI is InChI=1S/C15H21F3N2O3/c1-9-4-5-12(23-3)11(8-9)10(2)20-14(22)19-7-6-13(21)15(16,17)18/h4-5,8,10,13,21H,6-7H2,1-3H3,(H2,19,20,22). The average Bonchev–Trinajstić information content (AvgIpc) is 2.45. The van der Waals surface area contributed by atoms with E-state index in [2.05, 4.69) is 10.6 Å². The van der Waals surface area contributed by atoms with Crippen LogP contribution >= 0.6 is 0 Å². The van der Waals surface area contributed by atoms with Crippen molar-refractivity contribution in [2.24, 2.45) is 0 Å². The molecule has 0 heterocycles. The van der Waals surface area contributed by atoms with Crippen LogP contribution in [0.25, 0.3) is 0 Å². The number of carbonyl (C=O) groups is 1. The molecule has 8 heteroatoms. The fraction of sp³-hybridized carbons (Fsp3) is 0.533. The highest BCUT2D eigenvalue weighted by molar-refractivity contribution is 5.74. The molecule has 0 saturated heterocycles. The van der Waals surface area contributed by atoms with Gasteiger partial charge in [-0.15, -0.1) is 0 Å². The van der Waals surface area contributed by atoms with Gasteiger partial charge in [-0.1, -0.05) is 17.7 Å². The van der Waals surface area contributed by atoms with Crippen LogP contribution < -0.4 is 15.4 Å². The van der Waals surface area contributed by atoms with Crippen LogP contribution in [0.4, 0.5) is 18.0 Å². The highest BCUT2D eigenvalue weighted by atomic mass is 19.4. The molecule has 0 spiro atoms. The first kappa shape index (κ1) is 19.1. The van der Waals surface area contributed by atoms with Crippen molar-refractivity contribution in [2.75, 3.05) is 13.7 Å². The summed E-state index contributed by atoms with van der Waals surface area (Å²) < 4.78 is 41.6. The van der Waals surface area contributed by atoms with Gasteiger partial charge >= 0.3 is 12.2 Å². The predicted molar refractivity (Wildman–Crippen MR) is 79.4 cm³/mol. The lowest BCUT2D eigenvalue weighted by molar-refractivity contribution is -0.204. The SMILES string of the molecule is COc1ccc(C)cc1C(C)NC(=O)NCCC(O)C(F)(F)F. The second kappa shape index (κ2) is 8.05. The molecule has 130 valence electrons. The van der Waals surface area contributed by atoms with Crippen LogP contribution in [0, 0.1) is 6.92 Å². The molecule has 3 N–H and O–H groups in total. The molecule has 1 aromatic carbocycles. The largest absolute Gasteiger partial charge is 0.496 e. The van der Waals surface area contributed by atoms with Gasteiger partial charge in [0.2, 0.25) is 0 Å². The molecule has 0 aromatic heterocycles. The molecule has 2 unspecified atom stereocenters. The topological polar surface area (TPSA) is 70.6 Å². The van der Waals surface area contributed by atoms with Gasteiger partial charge in [0.15, 0.2) is 6.10 Å². The number of aliphatic hydroxyl groups is 1. The number of carbonyl (C=O) groups excluding carboxylic acids is 1. The minimum absolute atomic E-state index is 0.288. The van der Waals surface area contributed by atoms with Crippen LogP contribution in [0.15, 0.2) is 18.2 Å². The molecule has 0 aliphatic rings. The molecule has 1 aromatic rings. The van der Waals surface area contributed by atoms with E-state index in [0.717, 1.165) is 11.1 Å². The summed E-state index contributed by atoms with van der Waals surface area (Å²) in [5.74, 6) is 0.607. The van der Waals surface area contributed by atoms with E-state index in [0.29, 0.717) is 5.75 Å². The molecule has 2 amide bonds. The van der Waals surface area contributed by atoms with E-state index in [9.17, 15) is 18.0 Å². The number of alkyl halides is 3. The molecule has 0 fully saturated rings. The smallest absolute Gasteiger partial charge is 0.414 e. The molecule has 1 rings (SSSR count).